The first kappa shape index (κ1) is 19.4. The number of benzene rings is 1. The Labute approximate surface area is 179 Å². The molecule has 0 spiro atoms. The fourth-order valence-electron chi connectivity index (χ4n) is 4.11. The number of aromatic nitrogens is 3. The van der Waals surface area contributed by atoms with Gasteiger partial charge >= 0.3 is 0 Å². The van der Waals surface area contributed by atoms with E-state index in [1.165, 1.54) is 0 Å². The van der Waals surface area contributed by atoms with Crippen LogP contribution >= 0.6 is 0 Å². The minimum Gasteiger partial charge on any atom is -0.477 e. The number of ether oxygens (including phenoxy) is 1. The van der Waals surface area contributed by atoms with Crippen LogP contribution in [-0.2, 0) is 13.5 Å². The maximum atomic E-state index is 14.4. The molecule has 0 atom stereocenters. The van der Waals surface area contributed by atoms with E-state index in [2.05, 4.69) is 26.0 Å². The standard InChI is InChI=1S/C23H22FN5O2/c1-28-23-17(14-25-28)18-11-16(12-20(24)26-18)22(30)27-21-13-15-7-3-4-8-19(15)29(21)9-5-2-6-10-31-23/h3-4,7-8,11-12,14H,2,5-6,9-10,13H2,1H3. The first-order valence-electron chi connectivity index (χ1n) is 10.4. The second-order valence-corrected chi connectivity index (χ2v) is 7.75. The molecule has 0 saturated carbocycles. The molecule has 2 aromatic heterocycles. The highest BCUT2D eigenvalue weighted by atomic mass is 19.1. The van der Waals surface area contributed by atoms with Crippen molar-refractivity contribution in [1.82, 2.24) is 14.8 Å². The van der Waals surface area contributed by atoms with E-state index in [1.807, 2.05) is 18.2 Å². The minimum atomic E-state index is -0.744. The van der Waals surface area contributed by atoms with Crippen LogP contribution in [0, 0.1) is 5.95 Å². The monoisotopic (exact) mass is 419 g/mol. The van der Waals surface area contributed by atoms with Gasteiger partial charge in [0.25, 0.3) is 5.91 Å². The molecule has 7 nitrogen and oxygen atoms in total. The number of hydrogen-bond donors (Lipinski definition) is 0. The van der Waals surface area contributed by atoms with Crippen molar-refractivity contribution < 1.29 is 13.9 Å². The molecule has 1 aromatic carbocycles. The van der Waals surface area contributed by atoms with Crippen molar-refractivity contribution >= 4 is 17.4 Å². The van der Waals surface area contributed by atoms with Crippen LogP contribution in [0.2, 0.25) is 0 Å². The van der Waals surface area contributed by atoms with E-state index >= 15 is 0 Å². The lowest BCUT2D eigenvalue weighted by Crippen LogP contribution is -2.29. The molecule has 2 bridgehead atoms. The maximum Gasteiger partial charge on any atom is 0.278 e. The highest BCUT2D eigenvalue weighted by molar-refractivity contribution is 6.12. The lowest BCUT2D eigenvalue weighted by atomic mass is 10.1. The Balaban J connectivity index is 1.59. The Bertz CT molecular complexity index is 1190. The van der Waals surface area contributed by atoms with E-state index < -0.39 is 11.9 Å². The average Bonchev–Trinajstić information content (AvgIpc) is 3.29. The largest absolute Gasteiger partial charge is 0.477 e. The SMILES string of the molecule is Cn1ncc2c1OCCCCCN1C(=NC(=O)c3cc(F)nc-2c3)Cc2ccccc21. The Hall–Kier alpha value is -3.55. The summed E-state index contributed by atoms with van der Waals surface area (Å²) in [6.07, 6.45) is 4.93. The van der Waals surface area contributed by atoms with Crippen molar-refractivity contribution in [3.63, 3.8) is 0 Å². The van der Waals surface area contributed by atoms with E-state index in [0.29, 0.717) is 36.0 Å². The van der Waals surface area contributed by atoms with Crippen LogP contribution in [0.15, 0.2) is 47.6 Å². The zero-order valence-electron chi connectivity index (χ0n) is 17.2. The summed E-state index contributed by atoms with van der Waals surface area (Å²) in [5.41, 5.74) is 3.21. The number of aryl methyl sites for hydroxylation is 1. The smallest absolute Gasteiger partial charge is 0.278 e. The van der Waals surface area contributed by atoms with Crippen LogP contribution in [0.4, 0.5) is 10.1 Å². The number of hydrogen-bond acceptors (Lipinski definition) is 5. The number of aliphatic imine (C=N–C) groups is 1. The number of pyridine rings is 1. The molecule has 0 N–H and O–H groups in total. The van der Waals surface area contributed by atoms with Gasteiger partial charge < -0.3 is 9.64 Å². The Morgan fingerprint density at radius 2 is 2.00 bits per heavy atom. The zero-order chi connectivity index (χ0) is 21.4. The van der Waals surface area contributed by atoms with Crippen LogP contribution in [0.25, 0.3) is 11.3 Å². The molecule has 0 fully saturated rings. The van der Waals surface area contributed by atoms with Gasteiger partial charge in [-0.2, -0.15) is 14.5 Å². The number of rotatable bonds is 0. The number of amides is 1. The number of halogens is 1. The molecule has 158 valence electrons. The fourth-order valence-corrected chi connectivity index (χ4v) is 4.11. The van der Waals surface area contributed by atoms with E-state index in [9.17, 15) is 9.18 Å². The summed E-state index contributed by atoms with van der Waals surface area (Å²) in [4.78, 5) is 23.5. The quantitative estimate of drug-likeness (QED) is 0.519. The van der Waals surface area contributed by atoms with Gasteiger partial charge in [-0.05, 0) is 37.0 Å². The third kappa shape index (κ3) is 3.69. The number of carbonyl (C=O) groups is 1. The summed E-state index contributed by atoms with van der Waals surface area (Å²) >= 11 is 0. The van der Waals surface area contributed by atoms with Crippen LogP contribution in [0.5, 0.6) is 5.88 Å². The molecule has 2 aliphatic heterocycles. The molecule has 8 heteroatoms. The summed E-state index contributed by atoms with van der Waals surface area (Å²) in [7, 11) is 1.76. The van der Waals surface area contributed by atoms with Crippen LogP contribution in [0.3, 0.4) is 0 Å². The van der Waals surface area contributed by atoms with Gasteiger partial charge in [-0.15, -0.1) is 0 Å². The Morgan fingerprint density at radius 1 is 1.13 bits per heavy atom. The van der Waals surface area contributed by atoms with Gasteiger partial charge in [0.2, 0.25) is 11.8 Å². The Kier molecular flexibility index (Phi) is 4.97. The molecule has 0 saturated heterocycles. The lowest BCUT2D eigenvalue weighted by molar-refractivity contribution is 0.100. The van der Waals surface area contributed by atoms with Gasteiger partial charge in [-0.1, -0.05) is 18.2 Å². The summed E-state index contributed by atoms with van der Waals surface area (Å²) < 4.78 is 21.9. The molecule has 0 aliphatic carbocycles. The number of para-hydroxylation sites is 1. The molecule has 0 unspecified atom stereocenters. The lowest BCUT2D eigenvalue weighted by Gasteiger charge is -2.20. The van der Waals surface area contributed by atoms with Gasteiger partial charge in [0.15, 0.2) is 0 Å². The van der Waals surface area contributed by atoms with Crippen molar-refractivity contribution in [1.29, 1.82) is 0 Å². The molecule has 5 rings (SSSR count). The van der Waals surface area contributed by atoms with E-state index in [0.717, 1.165) is 43.1 Å². The number of fused-ring (bicyclic) bond motifs is 7. The molecule has 0 radical (unpaired) electrons. The van der Waals surface area contributed by atoms with Crippen LogP contribution < -0.4 is 9.64 Å². The molecule has 1 amide bonds. The van der Waals surface area contributed by atoms with E-state index in [-0.39, 0.29) is 5.56 Å². The second-order valence-electron chi connectivity index (χ2n) is 7.75. The van der Waals surface area contributed by atoms with Gasteiger partial charge in [-0.3, -0.25) is 4.79 Å². The summed E-state index contributed by atoms with van der Waals surface area (Å²) in [5, 5.41) is 4.22. The van der Waals surface area contributed by atoms with E-state index in [1.54, 1.807) is 24.0 Å². The second kappa shape index (κ2) is 7.94. The number of nitrogens with zero attached hydrogens (tertiary/aromatic N) is 5. The topological polar surface area (TPSA) is 72.6 Å². The first-order valence-corrected chi connectivity index (χ1v) is 10.4. The summed E-state index contributed by atoms with van der Waals surface area (Å²) in [6, 6.07) is 10.7. The molecular weight excluding hydrogens is 397 g/mol. The van der Waals surface area contributed by atoms with Gasteiger partial charge in [0.05, 0.1) is 24.1 Å². The molecular formula is C23H22FN5O2. The Morgan fingerprint density at radius 3 is 2.90 bits per heavy atom. The predicted molar refractivity (Wildman–Crippen MR) is 115 cm³/mol. The van der Waals surface area contributed by atoms with Crippen molar-refractivity contribution in [3.05, 3.63) is 59.7 Å². The van der Waals surface area contributed by atoms with Crippen molar-refractivity contribution in [2.75, 3.05) is 18.1 Å². The molecule has 3 aromatic rings. The third-order valence-corrected chi connectivity index (χ3v) is 5.64. The molecule has 4 heterocycles. The van der Waals surface area contributed by atoms with Crippen molar-refractivity contribution in [2.45, 2.75) is 25.7 Å². The van der Waals surface area contributed by atoms with E-state index in [4.69, 9.17) is 4.74 Å². The van der Waals surface area contributed by atoms with Gasteiger partial charge in [-0.25, -0.2) is 9.67 Å². The number of anilines is 1. The van der Waals surface area contributed by atoms with Crippen LogP contribution in [-0.4, -0.2) is 39.7 Å². The fraction of sp³-hybridized carbons (Fsp3) is 0.304. The van der Waals surface area contributed by atoms with Gasteiger partial charge in [0, 0.05) is 37.3 Å². The number of carbonyl (C=O) groups excluding carboxylic acids is 1. The predicted octanol–water partition coefficient (Wildman–Crippen LogP) is 3.79. The summed E-state index contributed by atoms with van der Waals surface area (Å²) in [6.45, 7) is 1.28. The number of amidine groups is 1. The normalized spacial score (nSPS) is 16.4. The maximum absolute atomic E-state index is 14.4. The van der Waals surface area contributed by atoms with Gasteiger partial charge in [0.1, 0.15) is 5.84 Å². The highest BCUT2D eigenvalue weighted by Crippen LogP contribution is 2.32. The van der Waals surface area contributed by atoms with Crippen LogP contribution in [0.1, 0.15) is 35.2 Å². The zero-order valence-corrected chi connectivity index (χ0v) is 17.2. The highest BCUT2D eigenvalue weighted by Gasteiger charge is 2.26. The minimum absolute atomic E-state index is 0.149. The average molecular weight is 419 g/mol. The van der Waals surface area contributed by atoms with Crippen molar-refractivity contribution in [2.24, 2.45) is 12.0 Å². The third-order valence-electron chi connectivity index (χ3n) is 5.64. The van der Waals surface area contributed by atoms with Crippen molar-refractivity contribution in [3.8, 4) is 17.1 Å². The first-order chi connectivity index (χ1) is 15.1. The summed E-state index contributed by atoms with van der Waals surface area (Å²) in [5.74, 6) is -0.0336. The molecule has 31 heavy (non-hydrogen) atoms. The molecule has 2 aliphatic rings.